The Morgan fingerprint density at radius 2 is 2.10 bits per heavy atom. The van der Waals surface area contributed by atoms with Crippen molar-refractivity contribution in [3.63, 3.8) is 0 Å². The molecule has 112 valence electrons. The van der Waals surface area contributed by atoms with Gasteiger partial charge in [-0.3, -0.25) is 10.1 Å². The molecule has 3 fully saturated rings. The van der Waals surface area contributed by atoms with E-state index in [2.05, 4.69) is 5.32 Å². The van der Waals surface area contributed by atoms with E-state index < -0.39 is 0 Å². The molecule has 3 nitrogen and oxygen atoms in total. The summed E-state index contributed by atoms with van der Waals surface area (Å²) < 4.78 is 13.1. The van der Waals surface area contributed by atoms with Crippen molar-refractivity contribution in [1.29, 1.82) is 0 Å². The van der Waals surface area contributed by atoms with E-state index in [0.29, 0.717) is 5.25 Å². The van der Waals surface area contributed by atoms with Crippen LogP contribution in [0.15, 0.2) is 24.3 Å². The summed E-state index contributed by atoms with van der Waals surface area (Å²) in [4.78, 5) is 14.7. The van der Waals surface area contributed by atoms with Gasteiger partial charge < -0.3 is 4.90 Å². The quantitative estimate of drug-likeness (QED) is 0.932. The number of halogens is 1. The summed E-state index contributed by atoms with van der Waals surface area (Å²) in [5, 5.41) is 4.04. The zero-order valence-corrected chi connectivity index (χ0v) is 12.7. The van der Waals surface area contributed by atoms with Crippen LogP contribution in [0, 0.1) is 5.82 Å². The van der Waals surface area contributed by atoms with Crippen molar-refractivity contribution in [3.05, 3.63) is 35.6 Å². The first-order valence-corrected chi connectivity index (χ1v) is 8.69. The third kappa shape index (κ3) is 2.36. The molecule has 21 heavy (non-hydrogen) atoms. The van der Waals surface area contributed by atoms with Crippen molar-refractivity contribution in [1.82, 2.24) is 10.2 Å². The summed E-state index contributed by atoms with van der Waals surface area (Å²) in [6, 6.07) is 6.52. The fraction of sp³-hybridized carbons (Fsp3) is 0.562. The first kappa shape index (κ1) is 13.6. The molecule has 2 aliphatic heterocycles. The molecular formula is C16H19FN2OS. The van der Waals surface area contributed by atoms with Crippen LogP contribution in [0.25, 0.3) is 0 Å². The lowest BCUT2D eigenvalue weighted by Gasteiger charge is -2.27. The van der Waals surface area contributed by atoms with Gasteiger partial charge in [-0.15, -0.1) is 0 Å². The van der Waals surface area contributed by atoms with Crippen molar-refractivity contribution < 1.29 is 9.18 Å². The number of benzene rings is 1. The highest BCUT2D eigenvalue weighted by molar-refractivity contribution is 8.00. The normalized spacial score (nSPS) is 30.3. The number of carbonyl (C=O) groups excluding carboxylic acids is 1. The summed E-state index contributed by atoms with van der Waals surface area (Å²) in [6.45, 7) is 0.806. The number of nitrogens with zero attached hydrogens (tertiary/aromatic N) is 1. The maximum atomic E-state index is 13.1. The number of rotatable bonds is 3. The van der Waals surface area contributed by atoms with Crippen LogP contribution < -0.4 is 5.32 Å². The highest BCUT2D eigenvalue weighted by Gasteiger charge is 2.59. The van der Waals surface area contributed by atoms with Crippen LogP contribution in [0.4, 0.5) is 4.39 Å². The topological polar surface area (TPSA) is 32.3 Å². The van der Waals surface area contributed by atoms with Gasteiger partial charge in [0.15, 0.2) is 0 Å². The van der Waals surface area contributed by atoms with E-state index in [1.165, 1.54) is 30.7 Å². The molecule has 1 aromatic carbocycles. The number of amides is 1. The molecule has 1 N–H and O–H groups in total. The molecule has 1 saturated carbocycles. The Hall–Kier alpha value is -1.07. The van der Waals surface area contributed by atoms with E-state index in [-0.39, 0.29) is 23.4 Å². The molecule has 0 radical (unpaired) electrons. The summed E-state index contributed by atoms with van der Waals surface area (Å²) >= 11 is 1.97. The zero-order valence-electron chi connectivity index (χ0n) is 11.8. The summed E-state index contributed by atoms with van der Waals surface area (Å²) in [6.07, 6.45) is 4.20. The molecule has 4 rings (SSSR count). The minimum Gasteiger partial charge on any atom is -0.320 e. The standard InChI is InChI=1S/C16H19FN2OS/c17-12-5-3-11(4-6-12)14-18-16(7-8-16)15(20)19(14)10-13-2-1-9-21-13/h3-6,13-14,18H,1-2,7-10H2. The highest BCUT2D eigenvalue weighted by Crippen LogP contribution is 2.46. The number of thioether (sulfide) groups is 1. The maximum absolute atomic E-state index is 13.1. The average Bonchev–Trinajstić information content (AvgIpc) is 2.99. The third-order valence-corrected chi connectivity index (χ3v) is 6.14. The summed E-state index contributed by atoms with van der Waals surface area (Å²) in [7, 11) is 0. The molecular weight excluding hydrogens is 287 g/mol. The minimum atomic E-state index is -0.317. The fourth-order valence-corrected chi connectivity index (χ4v) is 4.65. The molecule has 1 amide bonds. The molecule has 2 saturated heterocycles. The largest absolute Gasteiger partial charge is 0.320 e. The smallest absolute Gasteiger partial charge is 0.244 e. The number of hydrogen-bond donors (Lipinski definition) is 1. The Bertz CT molecular complexity index is 552. The van der Waals surface area contributed by atoms with E-state index >= 15 is 0 Å². The number of hydrogen-bond acceptors (Lipinski definition) is 3. The van der Waals surface area contributed by atoms with E-state index in [0.717, 1.165) is 24.9 Å². The van der Waals surface area contributed by atoms with Gasteiger partial charge in [0.1, 0.15) is 17.5 Å². The second kappa shape index (κ2) is 4.99. The average molecular weight is 306 g/mol. The predicted molar refractivity (Wildman–Crippen MR) is 81.4 cm³/mol. The molecule has 1 spiro atoms. The molecule has 1 aromatic rings. The van der Waals surface area contributed by atoms with Crippen LogP contribution in [-0.2, 0) is 4.79 Å². The van der Waals surface area contributed by atoms with Gasteiger partial charge >= 0.3 is 0 Å². The highest BCUT2D eigenvalue weighted by atomic mass is 32.2. The van der Waals surface area contributed by atoms with Crippen LogP contribution in [-0.4, -0.2) is 33.9 Å². The van der Waals surface area contributed by atoms with Gasteiger partial charge in [0.05, 0.1) is 0 Å². The second-order valence-electron chi connectivity index (χ2n) is 6.27. The van der Waals surface area contributed by atoms with E-state index in [4.69, 9.17) is 0 Å². The predicted octanol–water partition coefficient (Wildman–Crippen LogP) is 2.68. The molecule has 2 atom stereocenters. The van der Waals surface area contributed by atoms with Crippen molar-refractivity contribution >= 4 is 17.7 Å². The Morgan fingerprint density at radius 3 is 2.71 bits per heavy atom. The number of carbonyl (C=O) groups is 1. The van der Waals surface area contributed by atoms with Crippen LogP contribution in [0.1, 0.15) is 37.4 Å². The van der Waals surface area contributed by atoms with Crippen LogP contribution in [0.5, 0.6) is 0 Å². The third-order valence-electron chi connectivity index (χ3n) is 4.75. The summed E-state index contributed by atoms with van der Waals surface area (Å²) in [5.41, 5.74) is 0.666. The molecule has 2 heterocycles. The van der Waals surface area contributed by atoms with E-state index in [9.17, 15) is 9.18 Å². The van der Waals surface area contributed by atoms with Crippen molar-refractivity contribution in [2.75, 3.05) is 12.3 Å². The first-order chi connectivity index (χ1) is 10.2. The van der Waals surface area contributed by atoms with Crippen LogP contribution in [0.3, 0.4) is 0 Å². The molecule has 1 aliphatic carbocycles. The second-order valence-corrected chi connectivity index (χ2v) is 7.68. The van der Waals surface area contributed by atoms with E-state index in [1.54, 1.807) is 12.1 Å². The molecule has 3 aliphatic rings. The fourth-order valence-electron chi connectivity index (χ4n) is 3.38. The molecule has 0 bridgehead atoms. The van der Waals surface area contributed by atoms with Crippen molar-refractivity contribution in [3.8, 4) is 0 Å². The molecule has 5 heteroatoms. The van der Waals surface area contributed by atoms with Crippen LogP contribution >= 0.6 is 11.8 Å². The van der Waals surface area contributed by atoms with Gasteiger partial charge in [-0.05, 0) is 49.1 Å². The lowest BCUT2D eigenvalue weighted by Crippen LogP contribution is -2.36. The summed E-state index contributed by atoms with van der Waals surface area (Å²) in [5.74, 6) is 1.21. The van der Waals surface area contributed by atoms with Gasteiger partial charge in [-0.25, -0.2) is 4.39 Å². The van der Waals surface area contributed by atoms with Gasteiger partial charge in [-0.1, -0.05) is 12.1 Å². The minimum absolute atomic E-state index is 0.0956. The Morgan fingerprint density at radius 1 is 1.33 bits per heavy atom. The van der Waals surface area contributed by atoms with Gasteiger partial charge in [0.2, 0.25) is 5.91 Å². The maximum Gasteiger partial charge on any atom is 0.244 e. The van der Waals surface area contributed by atoms with E-state index in [1.807, 2.05) is 16.7 Å². The molecule has 0 aromatic heterocycles. The van der Waals surface area contributed by atoms with Gasteiger partial charge in [0, 0.05) is 11.8 Å². The van der Waals surface area contributed by atoms with Crippen molar-refractivity contribution in [2.45, 2.75) is 42.6 Å². The lowest BCUT2D eigenvalue weighted by molar-refractivity contribution is -0.130. The SMILES string of the molecule is O=C1N(CC2CCCS2)C(c2ccc(F)cc2)NC12CC2. The van der Waals surface area contributed by atoms with Gasteiger partial charge in [0.25, 0.3) is 0 Å². The molecule has 2 unspecified atom stereocenters. The Kier molecular flexibility index (Phi) is 3.23. The number of nitrogens with one attached hydrogen (secondary N) is 1. The Labute approximate surface area is 128 Å². The first-order valence-electron chi connectivity index (χ1n) is 7.64. The zero-order chi connectivity index (χ0) is 14.4. The monoisotopic (exact) mass is 306 g/mol. The Balaban J connectivity index is 1.60. The van der Waals surface area contributed by atoms with Gasteiger partial charge in [-0.2, -0.15) is 11.8 Å². The van der Waals surface area contributed by atoms with Crippen LogP contribution in [0.2, 0.25) is 0 Å². The van der Waals surface area contributed by atoms with Crippen molar-refractivity contribution in [2.24, 2.45) is 0 Å². The lowest BCUT2D eigenvalue weighted by atomic mass is 10.1.